The van der Waals surface area contributed by atoms with Crippen LogP contribution in [0.15, 0.2) is 24.3 Å². The zero-order valence-electron chi connectivity index (χ0n) is 12.1. The molecule has 0 aliphatic carbocycles. The molecule has 1 aliphatic rings. The minimum Gasteiger partial charge on any atom is -0.493 e. The number of nitrogens with zero attached hydrogens (tertiary/aromatic N) is 1. The minimum atomic E-state index is 0.158. The van der Waals surface area contributed by atoms with Crippen molar-refractivity contribution in [2.45, 2.75) is 20.8 Å². The number of hydrogen-bond donors (Lipinski definition) is 0. The maximum absolute atomic E-state index is 12.4. The van der Waals surface area contributed by atoms with Crippen LogP contribution in [-0.4, -0.2) is 36.9 Å². The molecule has 0 radical (unpaired) electrons. The quantitative estimate of drug-likeness (QED) is 0.763. The van der Waals surface area contributed by atoms with Crippen molar-refractivity contribution in [1.29, 1.82) is 0 Å². The van der Waals surface area contributed by atoms with Crippen molar-refractivity contribution in [3.8, 4) is 5.75 Å². The Morgan fingerprint density at radius 2 is 1.89 bits per heavy atom. The molecule has 3 heteroatoms. The van der Waals surface area contributed by atoms with Gasteiger partial charge in [0.25, 0.3) is 0 Å². The summed E-state index contributed by atoms with van der Waals surface area (Å²) in [7, 11) is 0. The van der Waals surface area contributed by atoms with Gasteiger partial charge < -0.3 is 4.74 Å². The van der Waals surface area contributed by atoms with Gasteiger partial charge in [-0.05, 0) is 30.9 Å². The molecule has 0 N–H and O–H groups in total. The van der Waals surface area contributed by atoms with Gasteiger partial charge in [0.15, 0.2) is 5.78 Å². The molecule has 0 spiro atoms. The molecule has 1 heterocycles. The summed E-state index contributed by atoms with van der Waals surface area (Å²) in [5, 5.41) is 0. The number of carbonyl (C=O) groups excluding carboxylic acids is 1. The van der Waals surface area contributed by atoms with Crippen LogP contribution in [0.5, 0.6) is 5.75 Å². The third-order valence-electron chi connectivity index (χ3n) is 3.92. The number of para-hydroxylation sites is 1. The summed E-state index contributed by atoms with van der Waals surface area (Å²) in [6, 6.07) is 7.52. The second kappa shape index (κ2) is 6.20. The number of rotatable bonds is 5. The first-order chi connectivity index (χ1) is 9.11. The lowest BCUT2D eigenvalue weighted by atomic mass is 10.0. The third-order valence-corrected chi connectivity index (χ3v) is 3.92. The number of ketones is 1. The lowest BCUT2D eigenvalue weighted by Crippen LogP contribution is -2.28. The lowest BCUT2D eigenvalue weighted by molar-refractivity contribution is 0.0939. The molecule has 0 saturated carbocycles. The SMILES string of the molecule is CCOc1ccccc1C(=O)CN1CC(C)C(C)C1. The average molecular weight is 261 g/mol. The Kier molecular flexibility index (Phi) is 4.59. The zero-order chi connectivity index (χ0) is 13.8. The first kappa shape index (κ1) is 14.1. The molecule has 0 aromatic heterocycles. The van der Waals surface area contributed by atoms with Gasteiger partial charge in [-0.25, -0.2) is 0 Å². The normalized spacial score (nSPS) is 23.5. The molecular formula is C16H23NO2. The summed E-state index contributed by atoms with van der Waals surface area (Å²) in [5.74, 6) is 2.21. The molecule has 3 nitrogen and oxygen atoms in total. The molecule has 1 fully saturated rings. The van der Waals surface area contributed by atoms with E-state index in [4.69, 9.17) is 4.74 Å². The van der Waals surface area contributed by atoms with Crippen molar-refractivity contribution in [2.24, 2.45) is 11.8 Å². The molecule has 0 amide bonds. The number of carbonyl (C=O) groups is 1. The molecule has 19 heavy (non-hydrogen) atoms. The van der Waals surface area contributed by atoms with Crippen LogP contribution >= 0.6 is 0 Å². The Labute approximate surface area is 115 Å². The van der Waals surface area contributed by atoms with Gasteiger partial charge in [-0.3, -0.25) is 9.69 Å². The first-order valence-electron chi connectivity index (χ1n) is 7.09. The van der Waals surface area contributed by atoms with Crippen LogP contribution in [0.2, 0.25) is 0 Å². The van der Waals surface area contributed by atoms with E-state index >= 15 is 0 Å². The van der Waals surface area contributed by atoms with Gasteiger partial charge in [0.05, 0.1) is 18.7 Å². The summed E-state index contributed by atoms with van der Waals surface area (Å²) in [4.78, 5) is 14.6. The van der Waals surface area contributed by atoms with E-state index in [1.165, 1.54) is 0 Å². The van der Waals surface area contributed by atoms with Crippen molar-refractivity contribution in [3.63, 3.8) is 0 Å². The van der Waals surface area contributed by atoms with E-state index < -0.39 is 0 Å². The third kappa shape index (κ3) is 3.35. The summed E-state index contributed by atoms with van der Waals surface area (Å²) in [6.07, 6.45) is 0. The topological polar surface area (TPSA) is 29.5 Å². The van der Waals surface area contributed by atoms with Gasteiger partial charge in [0, 0.05) is 13.1 Å². The monoisotopic (exact) mass is 261 g/mol. The molecule has 1 aromatic carbocycles. The van der Waals surface area contributed by atoms with Crippen LogP contribution in [0.3, 0.4) is 0 Å². The molecule has 1 aromatic rings. The highest BCUT2D eigenvalue weighted by Crippen LogP contribution is 2.24. The summed E-state index contributed by atoms with van der Waals surface area (Å²) in [6.45, 7) is 9.56. The number of likely N-dealkylation sites (tertiary alicyclic amines) is 1. The molecule has 2 unspecified atom stereocenters. The summed E-state index contributed by atoms with van der Waals surface area (Å²) < 4.78 is 5.53. The molecule has 2 rings (SSSR count). The van der Waals surface area contributed by atoms with Crippen LogP contribution < -0.4 is 4.74 Å². The van der Waals surface area contributed by atoms with Crippen molar-refractivity contribution in [3.05, 3.63) is 29.8 Å². The highest BCUT2D eigenvalue weighted by Gasteiger charge is 2.27. The number of hydrogen-bond acceptors (Lipinski definition) is 3. The zero-order valence-corrected chi connectivity index (χ0v) is 12.1. The average Bonchev–Trinajstić information content (AvgIpc) is 2.69. The number of Topliss-reactive ketones (excluding diaryl/α,β-unsaturated/α-hetero) is 1. The minimum absolute atomic E-state index is 0.158. The number of ether oxygens (including phenoxy) is 1. The Hall–Kier alpha value is -1.35. The lowest BCUT2D eigenvalue weighted by Gasteiger charge is -2.15. The van der Waals surface area contributed by atoms with E-state index in [0.29, 0.717) is 36.3 Å². The van der Waals surface area contributed by atoms with Crippen molar-refractivity contribution >= 4 is 5.78 Å². The molecule has 1 aliphatic heterocycles. The van der Waals surface area contributed by atoms with E-state index in [-0.39, 0.29) is 5.78 Å². The molecule has 1 saturated heterocycles. The van der Waals surface area contributed by atoms with E-state index in [1.807, 2.05) is 31.2 Å². The predicted molar refractivity (Wildman–Crippen MR) is 76.7 cm³/mol. The van der Waals surface area contributed by atoms with E-state index in [2.05, 4.69) is 18.7 Å². The Morgan fingerprint density at radius 1 is 1.26 bits per heavy atom. The Bertz CT molecular complexity index is 434. The van der Waals surface area contributed by atoms with E-state index in [9.17, 15) is 4.79 Å². The first-order valence-corrected chi connectivity index (χ1v) is 7.09. The second-order valence-electron chi connectivity index (χ2n) is 5.50. The fourth-order valence-corrected chi connectivity index (χ4v) is 2.64. The Morgan fingerprint density at radius 3 is 2.53 bits per heavy atom. The standard InChI is InChI=1S/C16H23NO2/c1-4-19-16-8-6-5-7-14(16)15(18)11-17-9-12(2)13(3)10-17/h5-8,12-13H,4,9-11H2,1-3H3. The maximum Gasteiger partial charge on any atom is 0.180 e. The van der Waals surface area contributed by atoms with E-state index in [1.54, 1.807) is 0 Å². The van der Waals surface area contributed by atoms with Crippen molar-refractivity contribution < 1.29 is 9.53 Å². The molecular weight excluding hydrogens is 238 g/mol. The highest BCUT2D eigenvalue weighted by atomic mass is 16.5. The van der Waals surface area contributed by atoms with Crippen molar-refractivity contribution in [2.75, 3.05) is 26.2 Å². The second-order valence-corrected chi connectivity index (χ2v) is 5.50. The van der Waals surface area contributed by atoms with E-state index in [0.717, 1.165) is 13.1 Å². The largest absolute Gasteiger partial charge is 0.493 e. The predicted octanol–water partition coefficient (Wildman–Crippen LogP) is 2.86. The fraction of sp³-hybridized carbons (Fsp3) is 0.562. The Balaban J connectivity index is 2.04. The number of benzene rings is 1. The van der Waals surface area contributed by atoms with Crippen LogP contribution in [0.4, 0.5) is 0 Å². The van der Waals surface area contributed by atoms with Gasteiger partial charge in [0.1, 0.15) is 5.75 Å². The molecule has 0 bridgehead atoms. The van der Waals surface area contributed by atoms with Crippen LogP contribution in [0, 0.1) is 11.8 Å². The summed E-state index contributed by atoms with van der Waals surface area (Å²) >= 11 is 0. The van der Waals surface area contributed by atoms with Crippen LogP contribution in [-0.2, 0) is 0 Å². The van der Waals surface area contributed by atoms with Gasteiger partial charge >= 0.3 is 0 Å². The van der Waals surface area contributed by atoms with Gasteiger partial charge in [-0.1, -0.05) is 26.0 Å². The molecule has 104 valence electrons. The van der Waals surface area contributed by atoms with Crippen LogP contribution in [0.25, 0.3) is 0 Å². The summed E-state index contributed by atoms with van der Waals surface area (Å²) in [5.41, 5.74) is 0.705. The maximum atomic E-state index is 12.4. The van der Waals surface area contributed by atoms with Crippen LogP contribution in [0.1, 0.15) is 31.1 Å². The highest BCUT2D eigenvalue weighted by molar-refractivity contribution is 6.00. The smallest absolute Gasteiger partial charge is 0.180 e. The molecule has 2 atom stereocenters. The van der Waals surface area contributed by atoms with Crippen molar-refractivity contribution in [1.82, 2.24) is 4.90 Å². The van der Waals surface area contributed by atoms with Gasteiger partial charge in [-0.15, -0.1) is 0 Å². The van der Waals surface area contributed by atoms with Gasteiger partial charge in [-0.2, -0.15) is 0 Å². The fourth-order valence-electron chi connectivity index (χ4n) is 2.64. The van der Waals surface area contributed by atoms with Gasteiger partial charge in [0.2, 0.25) is 0 Å².